The number of hydrogen-bond donors (Lipinski definition) is 1. The molecule has 2 atom stereocenters. The fourth-order valence-corrected chi connectivity index (χ4v) is 2.02. The highest BCUT2D eigenvalue weighted by Crippen LogP contribution is 2.18. The molecule has 0 bridgehead atoms. The van der Waals surface area contributed by atoms with Crippen molar-refractivity contribution in [1.82, 2.24) is 5.32 Å². The predicted molar refractivity (Wildman–Crippen MR) is 85.5 cm³/mol. The number of esters is 1. The summed E-state index contributed by atoms with van der Waals surface area (Å²) < 4.78 is 15.3. The SMILES string of the molecule is CO[C@H](C(=O)N[C@@H](CCC(=O)C=[N+]=[N-])C(=O)OC(C)C)c1ccco1. The molecule has 0 aromatic carbocycles. The maximum Gasteiger partial charge on any atom is 0.328 e. The monoisotopic (exact) mass is 351 g/mol. The lowest BCUT2D eigenvalue weighted by atomic mass is 10.1. The molecule has 1 aromatic rings. The Balaban J connectivity index is 2.83. The van der Waals surface area contributed by atoms with Gasteiger partial charge in [-0.25, -0.2) is 4.79 Å². The van der Waals surface area contributed by atoms with E-state index in [0.29, 0.717) is 0 Å². The average molecular weight is 351 g/mol. The number of ether oxygens (including phenoxy) is 2. The Morgan fingerprint density at radius 3 is 2.64 bits per heavy atom. The van der Waals surface area contributed by atoms with Gasteiger partial charge in [0.1, 0.15) is 11.8 Å². The van der Waals surface area contributed by atoms with Gasteiger partial charge in [-0.15, -0.1) is 0 Å². The van der Waals surface area contributed by atoms with Crippen LogP contribution in [0.5, 0.6) is 0 Å². The Hall–Kier alpha value is -2.77. The molecule has 0 saturated heterocycles. The van der Waals surface area contributed by atoms with Crippen LogP contribution in [0.15, 0.2) is 22.8 Å². The van der Waals surface area contributed by atoms with Gasteiger partial charge in [-0.2, -0.15) is 4.79 Å². The van der Waals surface area contributed by atoms with Crippen LogP contribution in [-0.4, -0.2) is 47.9 Å². The second-order valence-electron chi connectivity index (χ2n) is 5.43. The van der Waals surface area contributed by atoms with Gasteiger partial charge in [-0.1, -0.05) is 0 Å². The number of nitrogens with one attached hydrogen (secondary N) is 1. The van der Waals surface area contributed by atoms with Gasteiger partial charge in [0.25, 0.3) is 5.91 Å². The number of amides is 1. The molecule has 0 saturated carbocycles. The van der Waals surface area contributed by atoms with E-state index < -0.39 is 29.8 Å². The zero-order valence-electron chi connectivity index (χ0n) is 14.3. The second-order valence-corrected chi connectivity index (χ2v) is 5.43. The zero-order valence-corrected chi connectivity index (χ0v) is 14.3. The van der Waals surface area contributed by atoms with Crippen LogP contribution in [0, 0.1) is 0 Å². The summed E-state index contributed by atoms with van der Waals surface area (Å²) in [5, 5.41) is 2.50. The molecule has 0 spiro atoms. The van der Waals surface area contributed by atoms with Crippen molar-refractivity contribution in [2.24, 2.45) is 0 Å². The largest absolute Gasteiger partial charge is 0.466 e. The van der Waals surface area contributed by atoms with Crippen LogP contribution in [0.4, 0.5) is 0 Å². The van der Waals surface area contributed by atoms with Gasteiger partial charge in [0, 0.05) is 13.5 Å². The van der Waals surface area contributed by atoms with Crippen LogP contribution in [0.1, 0.15) is 38.6 Å². The fraction of sp³-hybridized carbons (Fsp3) is 0.500. The molecule has 9 heteroatoms. The highest BCUT2D eigenvalue weighted by Gasteiger charge is 2.29. The molecule has 1 amide bonds. The Bertz CT molecular complexity index is 634. The minimum absolute atomic E-state index is 0.0171. The Labute approximate surface area is 144 Å². The first-order valence-corrected chi connectivity index (χ1v) is 7.66. The highest BCUT2D eigenvalue weighted by molar-refractivity contribution is 6.25. The number of ketones is 1. The van der Waals surface area contributed by atoms with Gasteiger partial charge in [-0.05, 0) is 32.4 Å². The van der Waals surface area contributed by atoms with E-state index in [0.717, 1.165) is 6.21 Å². The summed E-state index contributed by atoms with van der Waals surface area (Å²) in [5.41, 5.74) is 8.35. The fourth-order valence-electron chi connectivity index (χ4n) is 2.02. The van der Waals surface area contributed by atoms with Crippen molar-refractivity contribution in [3.8, 4) is 0 Å². The third kappa shape index (κ3) is 6.70. The molecule has 0 aliphatic carbocycles. The maximum atomic E-state index is 12.4. The molecule has 0 aliphatic rings. The lowest BCUT2D eigenvalue weighted by molar-refractivity contribution is -0.153. The Morgan fingerprint density at radius 1 is 1.40 bits per heavy atom. The maximum absolute atomic E-state index is 12.4. The first kappa shape index (κ1) is 20.3. The summed E-state index contributed by atoms with van der Waals surface area (Å²) in [5.74, 6) is -1.49. The van der Waals surface area contributed by atoms with E-state index in [1.54, 1.807) is 26.0 Å². The van der Waals surface area contributed by atoms with Crippen LogP contribution in [0.2, 0.25) is 0 Å². The molecule has 0 radical (unpaired) electrons. The molecule has 9 nitrogen and oxygen atoms in total. The van der Waals surface area contributed by atoms with Gasteiger partial charge in [0.15, 0.2) is 6.10 Å². The number of hydrogen-bond acceptors (Lipinski definition) is 6. The molecule has 0 fully saturated rings. The number of nitrogens with zero attached hydrogens (tertiary/aromatic N) is 2. The molecule has 0 unspecified atom stereocenters. The summed E-state index contributed by atoms with van der Waals surface area (Å²) in [7, 11) is 1.33. The van der Waals surface area contributed by atoms with E-state index in [4.69, 9.17) is 19.4 Å². The quantitative estimate of drug-likeness (QED) is 0.290. The lowest BCUT2D eigenvalue weighted by Crippen LogP contribution is -2.45. The summed E-state index contributed by atoms with van der Waals surface area (Å²) in [4.78, 5) is 38.6. The molecular formula is C16H21N3O6. The van der Waals surface area contributed by atoms with E-state index >= 15 is 0 Å². The number of Topliss-reactive ketones (excluding diaryl/α,β-unsaturated/α-hetero) is 1. The standard InChI is InChI=1S/C16H21N3O6/c1-10(2)25-16(22)12(7-6-11(20)9-18-17)19-15(21)14(23-3)13-5-4-8-24-13/h4-5,8-10,12,14H,6-7H2,1-3H3,(H,19,21)/t12-,14-/m0/s1. The van der Waals surface area contributed by atoms with Crippen molar-refractivity contribution in [2.45, 2.75) is 44.9 Å². The van der Waals surface area contributed by atoms with Gasteiger partial charge in [0.05, 0.1) is 12.4 Å². The lowest BCUT2D eigenvalue weighted by Gasteiger charge is -2.21. The van der Waals surface area contributed by atoms with E-state index in [2.05, 4.69) is 10.1 Å². The van der Waals surface area contributed by atoms with Crippen LogP contribution < -0.4 is 5.32 Å². The van der Waals surface area contributed by atoms with Crippen LogP contribution in [0.25, 0.3) is 5.53 Å². The Kier molecular flexibility index (Phi) is 8.25. The Morgan fingerprint density at radius 2 is 2.12 bits per heavy atom. The van der Waals surface area contributed by atoms with Crippen molar-refractivity contribution in [3.63, 3.8) is 0 Å². The third-order valence-corrected chi connectivity index (χ3v) is 3.11. The van der Waals surface area contributed by atoms with Crippen LogP contribution >= 0.6 is 0 Å². The van der Waals surface area contributed by atoms with Crippen molar-refractivity contribution in [2.75, 3.05) is 7.11 Å². The second kappa shape index (κ2) is 10.2. The normalized spacial score (nSPS) is 12.8. The number of carbonyl (C=O) groups is 3. The highest BCUT2D eigenvalue weighted by atomic mass is 16.5. The van der Waals surface area contributed by atoms with E-state index in [1.165, 1.54) is 13.4 Å². The molecule has 25 heavy (non-hydrogen) atoms. The molecule has 0 aliphatic heterocycles. The van der Waals surface area contributed by atoms with E-state index in [1.807, 2.05) is 0 Å². The first-order valence-electron chi connectivity index (χ1n) is 7.66. The number of rotatable bonds is 10. The molecular weight excluding hydrogens is 330 g/mol. The molecule has 1 aromatic heterocycles. The summed E-state index contributed by atoms with van der Waals surface area (Å²) in [6, 6.07) is 2.11. The molecule has 1 N–H and O–H groups in total. The van der Waals surface area contributed by atoms with Crippen molar-refractivity contribution < 1.29 is 33.1 Å². The average Bonchev–Trinajstić information content (AvgIpc) is 3.05. The van der Waals surface area contributed by atoms with Gasteiger partial charge >= 0.3 is 12.2 Å². The molecule has 1 heterocycles. The van der Waals surface area contributed by atoms with Gasteiger partial charge in [0.2, 0.25) is 5.78 Å². The van der Waals surface area contributed by atoms with Gasteiger partial charge < -0.3 is 24.7 Å². The number of carbonyl (C=O) groups excluding carboxylic acids is 3. The van der Waals surface area contributed by atoms with E-state index in [9.17, 15) is 14.4 Å². The van der Waals surface area contributed by atoms with Crippen LogP contribution in [-0.2, 0) is 23.9 Å². The number of furan rings is 1. The van der Waals surface area contributed by atoms with Crippen molar-refractivity contribution in [1.29, 1.82) is 0 Å². The van der Waals surface area contributed by atoms with Crippen molar-refractivity contribution >= 4 is 23.9 Å². The molecule has 1 rings (SSSR count). The topological polar surface area (TPSA) is 131 Å². The zero-order chi connectivity index (χ0) is 18.8. The van der Waals surface area contributed by atoms with Crippen molar-refractivity contribution in [3.05, 3.63) is 29.7 Å². The third-order valence-electron chi connectivity index (χ3n) is 3.11. The summed E-state index contributed by atoms with van der Waals surface area (Å²) in [6.45, 7) is 3.34. The smallest absolute Gasteiger partial charge is 0.328 e. The summed E-state index contributed by atoms with van der Waals surface area (Å²) >= 11 is 0. The van der Waals surface area contributed by atoms with E-state index in [-0.39, 0.29) is 24.7 Å². The first-order chi connectivity index (χ1) is 11.9. The minimum Gasteiger partial charge on any atom is -0.466 e. The van der Waals surface area contributed by atoms with Crippen LogP contribution in [0.3, 0.4) is 0 Å². The summed E-state index contributed by atoms with van der Waals surface area (Å²) in [6.07, 6.45) is 0.570. The predicted octanol–water partition coefficient (Wildman–Crippen LogP) is 1.05. The number of methoxy groups -OCH3 is 1. The minimum atomic E-state index is -1.06. The van der Waals surface area contributed by atoms with Gasteiger partial charge in [-0.3, -0.25) is 9.59 Å². The molecule has 136 valence electrons.